The molecule has 41 heavy (non-hydrogen) atoms. The summed E-state index contributed by atoms with van der Waals surface area (Å²) in [5.74, 6) is 0.782. The number of carbonyl (C=O) groups is 3. The Morgan fingerprint density at radius 1 is 0.902 bits per heavy atom. The maximum Gasteiger partial charge on any atom is 0.329 e. The van der Waals surface area contributed by atoms with Gasteiger partial charge in [-0.2, -0.15) is 11.8 Å². The van der Waals surface area contributed by atoms with Gasteiger partial charge in [0.2, 0.25) is 5.91 Å². The number of amides is 2. The lowest BCUT2D eigenvalue weighted by Crippen LogP contribution is -2.55. The van der Waals surface area contributed by atoms with E-state index in [1.54, 1.807) is 23.9 Å². The molecule has 0 heterocycles. The quantitative estimate of drug-likeness (QED) is 0.267. The summed E-state index contributed by atoms with van der Waals surface area (Å²) >= 11 is 1.56. The lowest BCUT2D eigenvalue weighted by atomic mass is 10.00. The van der Waals surface area contributed by atoms with E-state index in [0.29, 0.717) is 24.3 Å². The van der Waals surface area contributed by atoms with Crippen LogP contribution in [0.5, 0.6) is 5.75 Å². The Bertz CT molecular complexity index is 1320. The van der Waals surface area contributed by atoms with Gasteiger partial charge in [-0.1, -0.05) is 48.5 Å². The van der Waals surface area contributed by atoms with Gasteiger partial charge in [-0.3, -0.25) is 9.59 Å². The first-order valence-electron chi connectivity index (χ1n) is 13.9. The predicted octanol–water partition coefficient (Wildman–Crippen LogP) is 5.77. The van der Waals surface area contributed by atoms with E-state index in [-0.39, 0.29) is 18.2 Å². The first-order valence-corrected chi connectivity index (χ1v) is 15.1. The number of carbonyl (C=O) groups excluding carboxylic acids is 3. The second-order valence-electron chi connectivity index (χ2n) is 10.6. The number of thioether (sulfide) groups is 1. The summed E-state index contributed by atoms with van der Waals surface area (Å²) in [6.45, 7) is 4.00. The van der Waals surface area contributed by atoms with Crippen molar-refractivity contribution in [2.45, 2.75) is 63.3 Å². The van der Waals surface area contributed by atoms with Crippen LogP contribution < -0.4 is 15.4 Å². The monoisotopic (exact) mass is 574 g/mol. The molecule has 0 aromatic heterocycles. The molecule has 4 rings (SSSR count). The zero-order valence-corrected chi connectivity index (χ0v) is 24.7. The average molecular weight is 575 g/mol. The molecule has 1 aliphatic rings. The van der Waals surface area contributed by atoms with Crippen molar-refractivity contribution in [2.75, 3.05) is 18.2 Å². The standard InChI is InChI=1S/C33H38N2O5S/c1-23-17-24(2)19-27(18-23)34-30(36)20-25-11-13-28(14-12-25)40-33(15-7-8-16-33)32(38)35-29(31(37)39-3)22-41-21-26-9-5-4-6-10-26/h4-6,9-14,17-19,29H,7-8,15-16,20-22H2,1-3H3,(H,34,36)(H,35,38)/t29-/m0/s1. The highest BCUT2D eigenvalue weighted by molar-refractivity contribution is 7.98. The first kappa shape index (κ1) is 30.2. The molecule has 8 heteroatoms. The summed E-state index contributed by atoms with van der Waals surface area (Å²) in [5, 5.41) is 5.87. The molecule has 3 aromatic carbocycles. The van der Waals surface area contributed by atoms with Crippen molar-refractivity contribution in [3.8, 4) is 5.75 Å². The van der Waals surface area contributed by atoms with Crippen LogP contribution in [-0.2, 0) is 31.3 Å². The van der Waals surface area contributed by atoms with Crippen molar-refractivity contribution in [3.05, 3.63) is 95.1 Å². The Morgan fingerprint density at radius 2 is 1.56 bits per heavy atom. The number of hydrogen-bond donors (Lipinski definition) is 2. The Labute approximate surface area is 246 Å². The van der Waals surface area contributed by atoms with Crippen LogP contribution in [0, 0.1) is 13.8 Å². The van der Waals surface area contributed by atoms with Crippen molar-refractivity contribution < 1.29 is 23.9 Å². The highest BCUT2D eigenvalue weighted by Crippen LogP contribution is 2.35. The third-order valence-corrected chi connectivity index (χ3v) is 8.23. The number of methoxy groups -OCH3 is 1. The Kier molecular flexibility index (Phi) is 10.5. The molecular weight excluding hydrogens is 536 g/mol. The van der Waals surface area contributed by atoms with Gasteiger partial charge in [0.25, 0.3) is 5.91 Å². The third kappa shape index (κ3) is 8.60. The maximum atomic E-state index is 13.6. The van der Waals surface area contributed by atoms with E-state index < -0.39 is 17.6 Å². The molecule has 0 aliphatic heterocycles. The van der Waals surface area contributed by atoms with Crippen molar-refractivity contribution in [1.29, 1.82) is 0 Å². The van der Waals surface area contributed by atoms with Gasteiger partial charge in [0.1, 0.15) is 11.8 Å². The van der Waals surface area contributed by atoms with E-state index in [0.717, 1.165) is 46.5 Å². The maximum absolute atomic E-state index is 13.6. The molecule has 1 atom stereocenters. The van der Waals surface area contributed by atoms with Crippen molar-refractivity contribution in [3.63, 3.8) is 0 Å². The van der Waals surface area contributed by atoms with E-state index in [9.17, 15) is 14.4 Å². The van der Waals surface area contributed by atoms with Crippen LogP contribution in [0.15, 0.2) is 72.8 Å². The molecule has 0 saturated heterocycles. The summed E-state index contributed by atoms with van der Waals surface area (Å²) in [6, 6.07) is 22.4. The molecule has 0 spiro atoms. The molecule has 3 aromatic rings. The highest BCUT2D eigenvalue weighted by Gasteiger charge is 2.45. The SMILES string of the molecule is COC(=O)[C@H](CSCc1ccccc1)NC(=O)C1(Oc2ccc(CC(=O)Nc3cc(C)cc(C)c3)cc2)CCCC1. The second-order valence-corrected chi connectivity index (χ2v) is 11.6. The summed E-state index contributed by atoms with van der Waals surface area (Å²) in [6.07, 6.45) is 3.06. The van der Waals surface area contributed by atoms with Gasteiger partial charge in [-0.25, -0.2) is 4.79 Å². The Balaban J connectivity index is 1.36. The Hall–Kier alpha value is -3.78. The van der Waals surface area contributed by atoms with E-state index in [1.165, 1.54) is 7.11 Å². The molecule has 2 amide bonds. The second kappa shape index (κ2) is 14.2. The zero-order valence-electron chi connectivity index (χ0n) is 23.9. The molecule has 0 radical (unpaired) electrons. The number of anilines is 1. The number of aryl methyl sites for hydroxylation is 2. The topological polar surface area (TPSA) is 93.7 Å². The number of rotatable bonds is 12. The van der Waals surface area contributed by atoms with Gasteiger partial charge in [0, 0.05) is 17.2 Å². The molecule has 1 fully saturated rings. The van der Waals surface area contributed by atoms with Crippen LogP contribution in [-0.4, -0.2) is 42.3 Å². The minimum Gasteiger partial charge on any atom is -0.477 e. The van der Waals surface area contributed by atoms with Gasteiger partial charge in [-0.05, 0) is 86.1 Å². The fourth-order valence-corrected chi connectivity index (χ4v) is 6.13. The number of hydrogen-bond acceptors (Lipinski definition) is 6. The van der Waals surface area contributed by atoms with Crippen LogP contribution in [0.25, 0.3) is 0 Å². The van der Waals surface area contributed by atoms with Crippen LogP contribution >= 0.6 is 11.8 Å². The number of ether oxygens (including phenoxy) is 2. The molecule has 7 nitrogen and oxygen atoms in total. The fraction of sp³-hybridized carbons (Fsp3) is 0.364. The minimum absolute atomic E-state index is 0.103. The normalized spacial score (nSPS) is 14.6. The van der Waals surface area contributed by atoms with Gasteiger partial charge >= 0.3 is 5.97 Å². The van der Waals surface area contributed by atoms with Crippen molar-refractivity contribution in [1.82, 2.24) is 5.32 Å². The molecular formula is C33H38N2O5S. The van der Waals surface area contributed by atoms with E-state index in [1.807, 2.05) is 68.4 Å². The van der Waals surface area contributed by atoms with E-state index in [2.05, 4.69) is 16.7 Å². The first-order chi connectivity index (χ1) is 19.8. The largest absolute Gasteiger partial charge is 0.477 e. The number of benzene rings is 3. The molecule has 1 saturated carbocycles. The fourth-order valence-electron chi connectivity index (χ4n) is 5.13. The third-order valence-electron chi connectivity index (χ3n) is 7.12. The molecule has 2 N–H and O–H groups in total. The lowest BCUT2D eigenvalue weighted by Gasteiger charge is -2.30. The van der Waals surface area contributed by atoms with Crippen LogP contribution in [0.2, 0.25) is 0 Å². The molecule has 216 valence electrons. The number of esters is 1. The van der Waals surface area contributed by atoms with Gasteiger partial charge in [0.05, 0.1) is 13.5 Å². The summed E-state index contributed by atoms with van der Waals surface area (Å²) in [4.78, 5) is 38.7. The average Bonchev–Trinajstić information content (AvgIpc) is 3.43. The highest BCUT2D eigenvalue weighted by atomic mass is 32.2. The summed E-state index contributed by atoms with van der Waals surface area (Å²) < 4.78 is 11.3. The van der Waals surface area contributed by atoms with Crippen LogP contribution in [0.4, 0.5) is 5.69 Å². The van der Waals surface area contributed by atoms with E-state index in [4.69, 9.17) is 9.47 Å². The summed E-state index contributed by atoms with van der Waals surface area (Å²) in [5.41, 5.74) is 3.90. The predicted molar refractivity (Wildman–Crippen MR) is 163 cm³/mol. The van der Waals surface area contributed by atoms with Crippen molar-refractivity contribution in [2.24, 2.45) is 0 Å². The summed E-state index contributed by atoms with van der Waals surface area (Å²) in [7, 11) is 1.33. The minimum atomic E-state index is -1.06. The van der Waals surface area contributed by atoms with E-state index >= 15 is 0 Å². The van der Waals surface area contributed by atoms with Crippen molar-refractivity contribution >= 4 is 35.2 Å². The molecule has 0 bridgehead atoms. The van der Waals surface area contributed by atoms with Crippen LogP contribution in [0.3, 0.4) is 0 Å². The Morgan fingerprint density at radius 3 is 2.20 bits per heavy atom. The number of nitrogens with one attached hydrogen (secondary N) is 2. The van der Waals surface area contributed by atoms with Gasteiger partial charge in [0.15, 0.2) is 5.60 Å². The molecule has 0 unspecified atom stereocenters. The lowest BCUT2D eigenvalue weighted by molar-refractivity contribution is -0.147. The molecule has 1 aliphatic carbocycles. The van der Waals surface area contributed by atoms with Crippen LogP contribution in [0.1, 0.15) is 47.9 Å². The van der Waals surface area contributed by atoms with Gasteiger partial charge in [-0.15, -0.1) is 0 Å². The van der Waals surface area contributed by atoms with Gasteiger partial charge < -0.3 is 20.1 Å². The smallest absolute Gasteiger partial charge is 0.329 e. The zero-order chi connectivity index (χ0) is 29.2.